The molecule has 0 saturated carbocycles. The van der Waals surface area contributed by atoms with Crippen molar-refractivity contribution in [2.45, 2.75) is 57.3 Å². The van der Waals surface area contributed by atoms with Gasteiger partial charge >= 0.3 is 0 Å². The lowest BCUT2D eigenvalue weighted by Crippen LogP contribution is -2.30. The Morgan fingerprint density at radius 2 is 1.53 bits per heavy atom. The van der Waals surface area contributed by atoms with E-state index < -0.39 is 10.0 Å². The summed E-state index contributed by atoms with van der Waals surface area (Å²) < 4.78 is 28.5. The fraction of sp³-hybridized carbons (Fsp3) is 0.458. The van der Waals surface area contributed by atoms with Crippen molar-refractivity contribution in [3.8, 4) is 0 Å². The van der Waals surface area contributed by atoms with Crippen LogP contribution in [0.25, 0.3) is 0 Å². The molecule has 0 N–H and O–H groups in total. The Balaban J connectivity index is 1.65. The van der Waals surface area contributed by atoms with Crippen LogP contribution >= 0.6 is 0 Å². The van der Waals surface area contributed by atoms with Crippen molar-refractivity contribution in [2.75, 3.05) is 23.9 Å². The van der Waals surface area contributed by atoms with Crippen LogP contribution < -0.4 is 4.31 Å². The number of anilines is 1. The molecule has 2 aliphatic rings. The smallest absolute Gasteiger partial charge is 0.264 e. The minimum Gasteiger partial charge on any atom is -0.342 e. The van der Waals surface area contributed by atoms with Crippen LogP contribution in [-0.4, -0.2) is 38.9 Å². The van der Waals surface area contributed by atoms with Crippen LogP contribution in [0.15, 0.2) is 41.3 Å². The molecular weight excluding hydrogens is 396 g/mol. The summed E-state index contributed by atoms with van der Waals surface area (Å²) >= 11 is 0. The molecule has 0 unspecified atom stereocenters. The van der Waals surface area contributed by atoms with Crippen molar-refractivity contribution in [2.24, 2.45) is 0 Å². The molecule has 30 heavy (non-hydrogen) atoms. The molecule has 5 nitrogen and oxygen atoms in total. The van der Waals surface area contributed by atoms with Crippen LogP contribution in [0.2, 0.25) is 0 Å². The van der Waals surface area contributed by atoms with Gasteiger partial charge in [-0.3, -0.25) is 9.10 Å². The van der Waals surface area contributed by atoms with Gasteiger partial charge in [-0.2, -0.15) is 0 Å². The summed E-state index contributed by atoms with van der Waals surface area (Å²) in [6.07, 6.45) is 2.18. The van der Waals surface area contributed by atoms with E-state index >= 15 is 0 Å². The Hall–Kier alpha value is -2.34. The molecule has 0 atom stereocenters. The predicted octanol–water partition coefficient (Wildman–Crippen LogP) is 3.68. The molecule has 0 bridgehead atoms. The summed E-state index contributed by atoms with van der Waals surface area (Å²) in [5.41, 5.74) is 5.31. The van der Waals surface area contributed by atoms with E-state index in [4.69, 9.17) is 0 Å². The zero-order chi connectivity index (χ0) is 21.7. The molecule has 0 spiro atoms. The summed E-state index contributed by atoms with van der Waals surface area (Å²) in [5.74, 6) is 0.0685. The molecule has 0 fully saturated rings. The van der Waals surface area contributed by atoms with Crippen molar-refractivity contribution >= 4 is 21.6 Å². The Labute approximate surface area is 179 Å². The maximum atomic E-state index is 13.5. The number of fused-ring (bicyclic) bond motifs is 2. The van der Waals surface area contributed by atoms with Gasteiger partial charge in [0.1, 0.15) is 0 Å². The predicted molar refractivity (Wildman–Crippen MR) is 119 cm³/mol. The minimum atomic E-state index is -3.62. The highest BCUT2D eigenvalue weighted by atomic mass is 32.2. The van der Waals surface area contributed by atoms with Gasteiger partial charge in [-0.15, -0.1) is 0 Å². The number of carbonyl (C=O) groups is 1. The Kier molecular flexibility index (Phi) is 5.17. The topological polar surface area (TPSA) is 57.7 Å². The van der Waals surface area contributed by atoms with Crippen LogP contribution in [0.5, 0.6) is 0 Å². The highest BCUT2D eigenvalue weighted by molar-refractivity contribution is 7.92. The number of amides is 1. The first-order valence-corrected chi connectivity index (χ1v) is 12.0. The van der Waals surface area contributed by atoms with Gasteiger partial charge in [-0.25, -0.2) is 8.42 Å². The number of hydrogen-bond acceptors (Lipinski definition) is 3. The number of benzene rings is 2. The lowest BCUT2D eigenvalue weighted by Gasteiger charge is -2.23. The molecule has 0 radical (unpaired) electrons. The summed E-state index contributed by atoms with van der Waals surface area (Å²) in [5, 5.41) is 0. The fourth-order valence-electron chi connectivity index (χ4n) is 4.39. The van der Waals surface area contributed by atoms with Gasteiger partial charge in [-0.1, -0.05) is 39.0 Å². The molecule has 6 heteroatoms. The standard InChI is InChI=1S/C24H30N2O3S/c1-17(27)25-12-9-18-5-7-22(16-19(18)10-13-25)30(28,29)26-14-11-20-15-21(24(2,3)4)6-8-23(20)26/h5-8,15-16H,9-14H2,1-4H3. The third kappa shape index (κ3) is 3.73. The van der Waals surface area contributed by atoms with Crippen LogP contribution in [-0.2, 0) is 39.5 Å². The van der Waals surface area contributed by atoms with Crippen molar-refractivity contribution in [3.05, 3.63) is 58.7 Å². The zero-order valence-corrected chi connectivity index (χ0v) is 19.1. The first kappa shape index (κ1) is 20.9. The number of carbonyl (C=O) groups excluding carboxylic acids is 1. The highest BCUT2D eigenvalue weighted by Crippen LogP contribution is 2.36. The van der Waals surface area contributed by atoms with E-state index in [0.29, 0.717) is 31.0 Å². The second-order valence-electron chi connectivity index (χ2n) is 9.36. The molecule has 2 aliphatic heterocycles. The average Bonchev–Trinajstić information content (AvgIpc) is 2.99. The summed E-state index contributed by atoms with van der Waals surface area (Å²) in [6, 6.07) is 11.6. The first-order chi connectivity index (χ1) is 14.1. The van der Waals surface area contributed by atoms with Crippen LogP contribution in [0.1, 0.15) is 49.9 Å². The maximum Gasteiger partial charge on any atom is 0.264 e. The highest BCUT2D eigenvalue weighted by Gasteiger charge is 2.32. The normalized spacial score (nSPS) is 16.8. The van der Waals surface area contributed by atoms with E-state index in [1.165, 1.54) is 5.56 Å². The average molecular weight is 427 g/mol. The van der Waals surface area contributed by atoms with E-state index in [0.717, 1.165) is 35.2 Å². The van der Waals surface area contributed by atoms with E-state index in [1.54, 1.807) is 17.3 Å². The van der Waals surface area contributed by atoms with Crippen molar-refractivity contribution in [1.29, 1.82) is 0 Å². The van der Waals surface area contributed by atoms with E-state index in [2.05, 4.69) is 26.8 Å². The van der Waals surface area contributed by atoms with Crippen LogP contribution in [0, 0.1) is 0 Å². The van der Waals surface area contributed by atoms with Gasteiger partial charge in [0.2, 0.25) is 5.91 Å². The molecule has 0 saturated heterocycles. The maximum absolute atomic E-state index is 13.5. The Morgan fingerprint density at radius 3 is 2.20 bits per heavy atom. The molecule has 0 aromatic heterocycles. The number of sulfonamides is 1. The van der Waals surface area contributed by atoms with Gasteiger partial charge in [0, 0.05) is 26.6 Å². The van der Waals surface area contributed by atoms with Gasteiger partial charge in [-0.05, 0) is 65.1 Å². The number of rotatable bonds is 2. The van der Waals surface area contributed by atoms with Gasteiger partial charge < -0.3 is 4.90 Å². The van der Waals surface area contributed by atoms with E-state index in [-0.39, 0.29) is 11.3 Å². The Morgan fingerprint density at radius 1 is 0.867 bits per heavy atom. The number of hydrogen-bond donors (Lipinski definition) is 0. The summed E-state index contributed by atoms with van der Waals surface area (Å²) in [7, 11) is -3.62. The molecule has 2 aromatic carbocycles. The first-order valence-electron chi connectivity index (χ1n) is 10.6. The number of nitrogens with zero attached hydrogens (tertiary/aromatic N) is 2. The molecule has 2 heterocycles. The molecule has 1 amide bonds. The molecular formula is C24H30N2O3S. The SMILES string of the molecule is CC(=O)N1CCc2ccc(S(=O)(=O)N3CCc4cc(C(C)(C)C)ccc43)cc2CC1. The fourth-order valence-corrected chi connectivity index (χ4v) is 5.95. The van der Waals surface area contributed by atoms with Crippen molar-refractivity contribution in [3.63, 3.8) is 0 Å². The van der Waals surface area contributed by atoms with Gasteiger partial charge in [0.05, 0.1) is 10.6 Å². The summed E-state index contributed by atoms with van der Waals surface area (Å²) in [6.45, 7) is 9.88. The third-order valence-corrected chi connectivity index (χ3v) is 8.12. The van der Waals surface area contributed by atoms with Crippen molar-refractivity contribution in [1.82, 2.24) is 4.90 Å². The monoisotopic (exact) mass is 426 g/mol. The van der Waals surface area contributed by atoms with E-state index in [9.17, 15) is 13.2 Å². The molecule has 0 aliphatic carbocycles. The van der Waals surface area contributed by atoms with Crippen LogP contribution in [0.4, 0.5) is 5.69 Å². The van der Waals surface area contributed by atoms with Gasteiger partial charge in [0.15, 0.2) is 0 Å². The zero-order valence-electron chi connectivity index (χ0n) is 18.2. The molecule has 160 valence electrons. The van der Waals surface area contributed by atoms with Crippen LogP contribution in [0.3, 0.4) is 0 Å². The Bertz CT molecular complexity index is 1100. The largest absolute Gasteiger partial charge is 0.342 e. The molecule has 4 rings (SSSR count). The summed E-state index contributed by atoms with van der Waals surface area (Å²) in [4.78, 5) is 13.9. The minimum absolute atomic E-state index is 0.0338. The van der Waals surface area contributed by atoms with E-state index in [1.807, 2.05) is 29.2 Å². The lowest BCUT2D eigenvalue weighted by atomic mass is 9.86. The molecule has 2 aromatic rings. The van der Waals surface area contributed by atoms with Crippen molar-refractivity contribution < 1.29 is 13.2 Å². The quantitative estimate of drug-likeness (QED) is 0.736. The second kappa shape index (κ2) is 7.41. The lowest BCUT2D eigenvalue weighted by molar-refractivity contribution is -0.128. The second-order valence-corrected chi connectivity index (χ2v) is 11.2. The third-order valence-electron chi connectivity index (χ3n) is 6.31. The van der Waals surface area contributed by atoms with Gasteiger partial charge in [0.25, 0.3) is 10.0 Å².